The quantitative estimate of drug-likeness (QED) is 0.329. The smallest absolute Gasteiger partial charge is 0.270 e. The monoisotopic (exact) mass is 492 g/mol. The predicted molar refractivity (Wildman–Crippen MR) is 127 cm³/mol. The molecule has 1 aliphatic rings. The predicted octanol–water partition coefficient (Wildman–Crippen LogP) is 4.43. The number of hydrogen-bond acceptors (Lipinski definition) is 5. The van der Waals surface area contributed by atoms with Gasteiger partial charge in [0.15, 0.2) is 5.11 Å². The van der Waals surface area contributed by atoms with E-state index < -0.39 is 4.92 Å². The van der Waals surface area contributed by atoms with Crippen LogP contribution in [0.1, 0.15) is 15.2 Å². The number of carbonyl (C=O) groups is 1. The highest BCUT2D eigenvalue weighted by atomic mass is 35.5. The SMILES string of the molecule is O=C(c1sc2cc([N+](=O)[O-])ccc2c1Cl)N1CCN(C(=S)NCc2ccc(F)cc2)CC1. The van der Waals surface area contributed by atoms with Crippen molar-refractivity contribution in [2.45, 2.75) is 6.54 Å². The molecule has 2 heterocycles. The van der Waals surface area contributed by atoms with Gasteiger partial charge < -0.3 is 15.1 Å². The molecule has 1 N–H and O–H groups in total. The molecule has 166 valence electrons. The number of thiophene rings is 1. The zero-order valence-corrected chi connectivity index (χ0v) is 19.1. The van der Waals surface area contributed by atoms with Crippen molar-refractivity contribution in [2.24, 2.45) is 0 Å². The number of rotatable bonds is 4. The first-order valence-corrected chi connectivity index (χ1v) is 11.4. The third-order valence-corrected chi connectivity index (χ3v) is 7.28. The van der Waals surface area contributed by atoms with Gasteiger partial charge in [-0.1, -0.05) is 23.7 Å². The second kappa shape index (κ2) is 9.35. The number of hydrogen-bond donors (Lipinski definition) is 1. The van der Waals surface area contributed by atoms with Gasteiger partial charge >= 0.3 is 0 Å². The summed E-state index contributed by atoms with van der Waals surface area (Å²) >= 11 is 13.0. The number of piperazine rings is 1. The lowest BCUT2D eigenvalue weighted by Gasteiger charge is -2.36. The van der Waals surface area contributed by atoms with Gasteiger partial charge in [0.25, 0.3) is 11.6 Å². The Morgan fingerprint density at radius 3 is 2.47 bits per heavy atom. The lowest BCUT2D eigenvalue weighted by molar-refractivity contribution is -0.384. The highest BCUT2D eigenvalue weighted by Crippen LogP contribution is 2.38. The standard InChI is InChI=1S/C21H18ClFN4O3S2/c22-18-16-6-5-15(27(29)30)11-17(16)32-19(18)20(28)25-7-9-26(10-8-25)21(31)24-12-13-1-3-14(23)4-2-13/h1-6,11H,7-10,12H2,(H,24,31). The van der Waals surface area contributed by atoms with E-state index >= 15 is 0 Å². The van der Waals surface area contributed by atoms with Crippen LogP contribution in [0.4, 0.5) is 10.1 Å². The summed E-state index contributed by atoms with van der Waals surface area (Å²) in [5, 5.41) is 15.7. The summed E-state index contributed by atoms with van der Waals surface area (Å²) in [7, 11) is 0. The minimum Gasteiger partial charge on any atom is -0.358 e. The molecule has 0 bridgehead atoms. The Morgan fingerprint density at radius 2 is 1.81 bits per heavy atom. The number of amides is 1. The van der Waals surface area contributed by atoms with Crippen LogP contribution in [0, 0.1) is 15.9 Å². The summed E-state index contributed by atoms with van der Waals surface area (Å²) in [6.45, 7) is 2.57. The minimum absolute atomic E-state index is 0.0373. The van der Waals surface area contributed by atoms with Crippen molar-refractivity contribution in [1.29, 1.82) is 0 Å². The molecule has 1 fully saturated rings. The Labute approximate surface area is 197 Å². The topological polar surface area (TPSA) is 78.7 Å². The zero-order chi connectivity index (χ0) is 22.8. The van der Waals surface area contributed by atoms with Gasteiger partial charge in [-0.25, -0.2) is 4.39 Å². The van der Waals surface area contributed by atoms with Crippen molar-refractivity contribution in [1.82, 2.24) is 15.1 Å². The van der Waals surface area contributed by atoms with Gasteiger partial charge in [0, 0.05) is 54.9 Å². The van der Waals surface area contributed by atoms with E-state index in [1.165, 1.54) is 35.6 Å². The number of non-ortho nitro benzene ring substituents is 1. The number of nitro groups is 1. The highest BCUT2D eigenvalue weighted by molar-refractivity contribution is 7.80. The van der Waals surface area contributed by atoms with Gasteiger partial charge in [-0.2, -0.15) is 0 Å². The molecule has 0 saturated carbocycles. The van der Waals surface area contributed by atoms with Crippen LogP contribution in [0.3, 0.4) is 0 Å². The molecule has 3 aromatic rings. The van der Waals surface area contributed by atoms with E-state index in [0.29, 0.717) is 57.8 Å². The van der Waals surface area contributed by atoms with Gasteiger partial charge in [0.05, 0.1) is 9.95 Å². The first kappa shape index (κ1) is 22.4. The van der Waals surface area contributed by atoms with E-state index in [-0.39, 0.29) is 17.4 Å². The fourth-order valence-corrected chi connectivity index (χ4v) is 5.22. The molecule has 7 nitrogen and oxygen atoms in total. The molecule has 1 aromatic heterocycles. The Hall–Kier alpha value is -2.82. The maximum Gasteiger partial charge on any atom is 0.270 e. The summed E-state index contributed by atoms with van der Waals surface area (Å²) in [6, 6.07) is 10.6. The number of halogens is 2. The van der Waals surface area contributed by atoms with Crippen molar-refractivity contribution in [2.75, 3.05) is 26.2 Å². The molecular formula is C21H18ClFN4O3S2. The number of nitrogens with one attached hydrogen (secondary N) is 1. The Morgan fingerprint density at radius 1 is 1.16 bits per heavy atom. The van der Waals surface area contributed by atoms with Gasteiger partial charge in [0.1, 0.15) is 10.7 Å². The summed E-state index contributed by atoms with van der Waals surface area (Å²) < 4.78 is 13.6. The van der Waals surface area contributed by atoms with E-state index in [1.807, 2.05) is 4.90 Å². The van der Waals surface area contributed by atoms with Crippen molar-refractivity contribution < 1.29 is 14.1 Å². The van der Waals surface area contributed by atoms with Crippen molar-refractivity contribution in [3.8, 4) is 0 Å². The van der Waals surface area contributed by atoms with Crippen LogP contribution >= 0.6 is 35.2 Å². The summed E-state index contributed by atoms with van der Waals surface area (Å²) in [5.74, 6) is -0.474. The molecule has 0 unspecified atom stereocenters. The number of fused-ring (bicyclic) bond motifs is 1. The van der Waals surface area contributed by atoms with E-state index in [0.717, 1.165) is 5.56 Å². The van der Waals surface area contributed by atoms with E-state index in [2.05, 4.69) is 5.32 Å². The maximum absolute atomic E-state index is 13.0. The molecule has 32 heavy (non-hydrogen) atoms. The summed E-state index contributed by atoms with van der Waals surface area (Å²) in [5.41, 5.74) is 0.881. The van der Waals surface area contributed by atoms with Gasteiger partial charge in [0.2, 0.25) is 0 Å². The molecule has 0 spiro atoms. The second-order valence-electron chi connectivity index (χ2n) is 7.25. The third-order valence-electron chi connectivity index (χ3n) is 5.23. The maximum atomic E-state index is 13.0. The van der Waals surface area contributed by atoms with Crippen molar-refractivity contribution in [3.05, 3.63) is 73.9 Å². The Kier molecular flexibility index (Phi) is 6.54. The number of nitro benzene ring substituents is 1. The first-order chi connectivity index (χ1) is 15.3. The first-order valence-electron chi connectivity index (χ1n) is 9.76. The molecular weight excluding hydrogens is 475 g/mol. The number of benzene rings is 2. The van der Waals surface area contributed by atoms with Crippen LogP contribution in [0.2, 0.25) is 5.02 Å². The third kappa shape index (κ3) is 4.67. The fraction of sp³-hybridized carbons (Fsp3) is 0.238. The number of nitrogens with zero attached hydrogens (tertiary/aromatic N) is 3. The van der Waals surface area contributed by atoms with Crippen LogP contribution in [0.5, 0.6) is 0 Å². The Balaban J connectivity index is 1.37. The molecule has 1 aliphatic heterocycles. The molecule has 0 aliphatic carbocycles. The lowest BCUT2D eigenvalue weighted by Crippen LogP contribution is -2.52. The molecule has 1 amide bonds. The number of carbonyl (C=O) groups excluding carboxylic acids is 1. The zero-order valence-electron chi connectivity index (χ0n) is 16.7. The van der Waals surface area contributed by atoms with Gasteiger partial charge in [-0.15, -0.1) is 11.3 Å². The molecule has 0 atom stereocenters. The molecule has 11 heteroatoms. The summed E-state index contributed by atoms with van der Waals surface area (Å²) in [4.78, 5) is 27.7. The molecule has 2 aromatic carbocycles. The summed E-state index contributed by atoms with van der Waals surface area (Å²) in [6.07, 6.45) is 0. The van der Waals surface area contributed by atoms with Crippen LogP contribution in [-0.2, 0) is 6.54 Å². The lowest BCUT2D eigenvalue weighted by atomic mass is 10.2. The van der Waals surface area contributed by atoms with Gasteiger partial charge in [-0.05, 0) is 36.0 Å². The second-order valence-corrected chi connectivity index (χ2v) is 9.06. The fourth-order valence-electron chi connectivity index (χ4n) is 3.45. The largest absolute Gasteiger partial charge is 0.358 e. The van der Waals surface area contributed by atoms with Crippen LogP contribution in [0.25, 0.3) is 10.1 Å². The van der Waals surface area contributed by atoms with E-state index in [1.54, 1.807) is 23.1 Å². The molecule has 0 radical (unpaired) electrons. The highest BCUT2D eigenvalue weighted by Gasteiger charge is 2.27. The average Bonchev–Trinajstić information content (AvgIpc) is 3.14. The van der Waals surface area contributed by atoms with Crippen LogP contribution < -0.4 is 5.32 Å². The van der Waals surface area contributed by atoms with Crippen molar-refractivity contribution >= 4 is 61.9 Å². The minimum atomic E-state index is -0.471. The van der Waals surface area contributed by atoms with Crippen LogP contribution in [-0.4, -0.2) is 51.9 Å². The van der Waals surface area contributed by atoms with Crippen LogP contribution in [0.15, 0.2) is 42.5 Å². The molecule has 4 rings (SSSR count). The molecule has 1 saturated heterocycles. The normalized spacial score (nSPS) is 13.9. The van der Waals surface area contributed by atoms with E-state index in [4.69, 9.17) is 23.8 Å². The Bertz CT molecular complexity index is 1190. The number of thiocarbonyl (C=S) groups is 1. The van der Waals surface area contributed by atoms with Crippen molar-refractivity contribution in [3.63, 3.8) is 0 Å². The average molecular weight is 493 g/mol. The van der Waals surface area contributed by atoms with Gasteiger partial charge in [-0.3, -0.25) is 14.9 Å². The van der Waals surface area contributed by atoms with E-state index in [9.17, 15) is 19.3 Å².